The molecular weight excluding hydrogens is 373 g/mol. The minimum absolute atomic E-state index is 0.310. The molecule has 0 atom stereocenters. The number of hydrogen-bond acceptors (Lipinski definition) is 2. The second-order valence-corrected chi connectivity index (χ2v) is 10.7. The highest BCUT2D eigenvalue weighted by molar-refractivity contribution is 8.32. The van der Waals surface area contributed by atoms with Crippen molar-refractivity contribution in [3.63, 3.8) is 0 Å². The topological polar surface area (TPSA) is 46.9 Å². The number of benzene rings is 2. The number of alkyl halides is 3. The van der Waals surface area contributed by atoms with Crippen LogP contribution in [0.1, 0.15) is 26.7 Å². The Morgan fingerprint density at radius 3 is 2.04 bits per heavy atom. The van der Waals surface area contributed by atoms with Crippen LogP contribution in [0, 0.1) is 0 Å². The van der Waals surface area contributed by atoms with E-state index in [1.54, 1.807) is 18.2 Å². The first-order valence-electron chi connectivity index (χ1n) is 7.99. The molecule has 0 heterocycles. The quantitative estimate of drug-likeness (QED) is 0.344. The maximum atomic E-state index is 13.0. The van der Waals surface area contributed by atoms with Gasteiger partial charge in [0.05, 0.1) is 4.90 Å². The molecule has 0 aliphatic carbocycles. The van der Waals surface area contributed by atoms with Crippen LogP contribution in [-0.4, -0.2) is 29.1 Å². The van der Waals surface area contributed by atoms with E-state index in [1.807, 2.05) is 38.1 Å². The van der Waals surface area contributed by atoms with E-state index in [-0.39, 0.29) is 0 Å². The normalized spacial score (nSPS) is 14.0. The molecule has 0 unspecified atom stereocenters. The first-order chi connectivity index (χ1) is 11.7. The van der Waals surface area contributed by atoms with Crippen LogP contribution < -0.4 is 0 Å². The molecule has 0 radical (unpaired) electrons. The Kier molecular flexibility index (Phi) is 6.06. The van der Waals surface area contributed by atoms with Gasteiger partial charge in [-0.25, -0.2) is 0 Å². The lowest BCUT2D eigenvalue weighted by atomic mass is 10.1. The van der Waals surface area contributed by atoms with E-state index in [2.05, 4.69) is 3.63 Å². The summed E-state index contributed by atoms with van der Waals surface area (Å²) in [5.74, 6) is 0.619. The Morgan fingerprint density at radius 2 is 1.48 bits per heavy atom. The summed E-state index contributed by atoms with van der Waals surface area (Å²) in [4.78, 5) is 0.613. The van der Waals surface area contributed by atoms with Crippen molar-refractivity contribution in [2.75, 3.05) is 11.5 Å². The fourth-order valence-electron chi connectivity index (χ4n) is 2.87. The Morgan fingerprint density at radius 1 is 0.920 bits per heavy atom. The molecule has 8 heteroatoms. The summed E-state index contributed by atoms with van der Waals surface area (Å²) in [6, 6.07) is 12.6. The third kappa shape index (κ3) is 4.12. The maximum absolute atomic E-state index is 13.0. The summed E-state index contributed by atoms with van der Waals surface area (Å²) in [5, 5.41) is 1.63. The van der Waals surface area contributed by atoms with Crippen molar-refractivity contribution in [2.24, 2.45) is 0 Å². The molecule has 0 fully saturated rings. The van der Waals surface area contributed by atoms with E-state index >= 15 is 0 Å². The summed E-state index contributed by atoms with van der Waals surface area (Å²) < 4.78 is 66.3. The van der Waals surface area contributed by atoms with Crippen molar-refractivity contribution in [1.29, 1.82) is 0 Å². The lowest BCUT2D eigenvalue weighted by molar-refractivity contribution is -0.0540. The van der Waals surface area contributed by atoms with Gasteiger partial charge >= 0.3 is 15.6 Å². The summed E-state index contributed by atoms with van der Waals surface area (Å²) in [6.45, 7) is 3.66. The van der Waals surface area contributed by atoms with Gasteiger partial charge in [-0.15, -0.1) is 8.42 Å². The van der Waals surface area contributed by atoms with Crippen molar-refractivity contribution in [3.05, 3.63) is 42.5 Å². The number of fused-ring (bicyclic) bond motifs is 1. The molecule has 0 aliphatic rings. The van der Waals surface area contributed by atoms with Gasteiger partial charge in [-0.05, 0) is 24.3 Å². The molecule has 0 amide bonds. The zero-order valence-corrected chi connectivity index (χ0v) is 15.7. The lowest BCUT2D eigenvalue weighted by Crippen LogP contribution is -2.32. The highest BCUT2D eigenvalue weighted by atomic mass is 32.3. The molecule has 0 saturated heterocycles. The third-order valence-electron chi connectivity index (χ3n) is 3.78. The first kappa shape index (κ1) is 20.1. The highest BCUT2D eigenvalue weighted by Crippen LogP contribution is 2.59. The summed E-state index contributed by atoms with van der Waals surface area (Å²) >= 11 is 0. The molecule has 0 spiro atoms. The average molecular weight is 395 g/mol. The van der Waals surface area contributed by atoms with Gasteiger partial charge in [-0.3, -0.25) is 3.63 Å². The minimum Gasteiger partial charge on any atom is -0.262 e. The van der Waals surface area contributed by atoms with Crippen LogP contribution in [0.5, 0.6) is 0 Å². The maximum Gasteiger partial charge on any atom is 0.572 e. The smallest absolute Gasteiger partial charge is 0.262 e. The molecule has 0 aliphatic heterocycles. The molecule has 0 bridgehead atoms. The molecule has 140 valence electrons. The van der Waals surface area contributed by atoms with Crippen molar-refractivity contribution < 1.29 is 25.2 Å². The van der Waals surface area contributed by atoms with E-state index < -0.39 is 25.9 Å². The van der Waals surface area contributed by atoms with Gasteiger partial charge in [0.15, 0.2) is 0 Å². The third-order valence-corrected chi connectivity index (χ3v) is 9.63. The van der Waals surface area contributed by atoms with E-state index in [9.17, 15) is 21.6 Å². The van der Waals surface area contributed by atoms with Gasteiger partial charge in [0.25, 0.3) is 0 Å². The molecule has 2 aromatic carbocycles. The largest absolute Gasteiger partial charge is 0.572 e. The van der Waals surface area contributed by atoms with Crippen LogP contribution in [0.25, 0.3) is 10.8 Å². The van der Waals surface area contributed by atoms with E-state index in [4.69, 9.17) is 0 Å². The van der Waals surface area contributed by atoms with Gasteiger partial charge in [-0.2, -0.15) is 13.2 Å². The van der Waals surface area contributed by atoms with Crippen LogP contribution in [-0.2, 0) is 10.1 Å². The van der Waals surface area contributed by atoms with E-state index in [1.165, 1.54) is 0 Å². The van der Waals surface area contributed by atoms with Crippen molar-refractivity contribution >= 4 is 31.2 Å². The number of halogens is 3. The molecular formula is C17H22F3O3S2+. The standard InChI is InChI=1S/C17H21F3O3S2/c1-3-12-24(13-4-2,23-25(21,22)17(18,19)20)16-11-7-9-14-8-5-6-10-15(14)16/h5-11H,3-4,12-13H2,1-2H3/p+1. The zero-order chi connectivity index (χ0) is 18.7. The second kappa shape index (κ2) is 7.55. The second-order valence-electron chi connectivity index (χ2n) is 5.72. The van der Waals surface area contributed by atoms with Crippen molar-refractivity contribution in [3.8, 4) is 0 Å². The zero-order valence-electron chi connectivity index (χ0n) is 14.1. The van der Waals surface area contributed by atoms with E-state index in [0.29, 0.717) is 29.2 Å². The summed E-state index contributed by atoms with van der Waals surface area (Å²) in [6.07, 6.45) is 1.10. The number of hydrogen-bond donors (Lipinski definition) is 0. The molecule has 25 heavy (non-hydrogen) atoms. The predicted octanol–water partition coefficient (Wildman–Crippen LogP) is 5.68. The predicted molar refractivity (Wildman–Crippen MR) is 97.7 cm³/mol. The van der Waals surface area contributed by atoms with Crippen molar-refractivity contribution in [2.45, 2.75) is 37.1 Å². The van der Waals surface area contributed by atoms with Crippen LogP contribution in [0.3, 0.4) is 0 Å². The molecule has 0 aromatic heterocycles. The summed E-state index contributed by atoms with van der Waals surface area (Å²) in [7, 11) is -8.08. The van der Waals surface area contributed by atoms with Crippen LogP contribution in [0.4, 0.5) is 13.2 Å². The molecule has 3 nitrogen and oxygen atoms in total. The van der Waals surface area contributed by atoms with Gasteiger partial charge < -0.3 is 0 Å². The fraction of sp³-hybridized carbons (Fsp3) is 0.412. The highest BCUT2D eigenvalue weighted by Gasteiger charge is 2.56. The Hall–Kier alpha value is -1.25. The lowest BCUT2D eigenvalue weighted by Gasteiger charge is -2.34. The van der Waals surface area contributed by atoms with Gasteiger partial charge in [-0.1, -0.05) is 50.2 Å². The average Bonchev–Trinajstić information content (AvgIpc) is 2.53. The molecule has 2 rings (SSSR count). The number of rotatable bonds is 7. The molecule has 2 aromatic rings. The van der Waals surface area contributed by atoms with Gasteiger partial charge in [0.2, 0.25) is 0 Å². The molecule has 0 saturated carbocycles. The minimum atomic E-state index is -5.55. The fourth-order valence-corrected chi connectivity index (χ4v) is 8.55. The van der Waals surface area contributed by atoms with Crippen LogP contribution in [0.15, 0.2) is 47.4 Å². The SMILES string of the molecule is CCCS(CCC)([OH+]S(=O)(=O)C(F)(F)F)c1cccc2ccccc12. The Balaban J connectivity index is 2.70. The van der Waals surface area contributed by atoms with Gasteiger partial charge in [0, 0.05) is 27.2 Å². The van der Waals surface area contributed by atoms with Crippen LogP contribution in [0.2, 0.25) is 0 Å². The Labute approximate surface area is 147 Å². The molecule has 1 N–H and O–H groups in total. The van der Waals surface area contributed by atoms with Gasteiger partial charge in [0.1, 0.15) is 0 Å². The van der Waals surface area contributed by atoms with Crippen LogP contribution >= 0.6 is 10.3 Å². The monoisotopic (exact) mass is 395 g/mol. The first-order valence-corrected chi connectivity index (χ1v) is 11.4. The van der Waals surface area contributed by atoms with E-state index in [0.717, 1.165) is 10.8 Å². The summed E-state index contributed by atoms with van der Waals surface area (Å²) in [5.41, 5.74) is -5.38. The van der Waals surface area contributed by atoms with Crippen molar-refractivity contribution in [1.82, 2.24) is 0 Å². The Bertz CT molecular complexity index is 821.